The quantitative estimate of drug-likeness (QED) is 0.193. The van der Waals surface area contributed by atoms with Crippen LogP contribution < -0.4 is 0 Å². The Kier molecular flexibility index (Phi) is 7.97. The Labute approximate surface area is 163 Å². The fraction of sp³-hybridized carbons (Fsp3) is 0.909. The topological polar surface area (TPSA) is 35.5 Å². The number of halogens is 16. The molecule has 0 spiro atoms. The molecule has 3 nitrogen and oxygen atoms in total. The van der Waals surface area contributed by atoms with Crippen LogP contribution in [0.1, 0.15) is 6.42 Å². The fourth-order valence-electron chi connectivity index (χ4n) is 1.29. The highest BCUT2D eigenvalue weighted by Gasteiger charge is 2.87. The predicted molar refractivity (Wildman–Crippen MR) is 66.6 cm³/mol. The van der Waals surface area contributed by atoms with Gasteiger partial charge in [0.25, 0.3) is 0 Å². The van der Waals surface area contributed by atoms with Crippen molar-refractivity contribution in [1.82, 2.24) is 0 Å². The lowest BCUT2D eigenvalue weighted by atomic mass is 9.98. The highest BCUT2D eigenvalue weighted by molar-refractivity contribution is 9.10. The number of carbonyl (C=O) groups is 1. The van der Waals surface area contributed by atoms with Crippen molar-refractivity contribution in [2.24, 2.45) is 0 Å². The monoisotopic (exact) mass is 550 g/mol. The van der Waals surface area contributed by atoms with Crippen LogP contribution in [-0.2, 0) is 9.47 Å². The predicted octanol–water partition coefficient (Wildman–Crippen LogP) is 6.26. The molecule has 0 saturated carbocycles. The highest BCUT2D eigenvalue weighted by atomic mass is 79.9. The molecule has 0 fully saturated rings. The van der Waals surface area contributed by atoms with Crippen molar-refractivity contribution in [3.63, 3.8) is 0 Å². The van der Waals surface area contributed by atoms with E-state index in [9.17, 15) is 70.7 Å². The summed E-state index contributed by atoms with van der Waals surface area (Å²) in [6.07, 6.45) is -12.0. The number of alkyl halides is 16. The molecular formula is C11H6BrF15O3. The largest absolute Gasteiger partial charge is 0.508 e. The molecule has 0 aliphatic carbocycles. The normalized spacial score (nSPS) is 15.2. The molecule has 30 heavy (non-hydrogen) atoms. The lowest BCUT2D eigenvalue weighted by molar-refractivity contribution is -0.423. The van der Waals surface area contributed by atoms with Gasteiger partial charge in [-0.15, -0.1) is 0 Å². The molecule has 0 aliphatic rings. The molecule has 0 aromatic rings. The molecule has 0 unspecified atom stereocenters. The van der Waals surface area contributed by atoms with E-state index < -0.39 is 66.4 Å². The van der Waals surface area contributed by atoms with Gasteiger partial charge in [-0.1, -0.05) is 0 Å². The molecule has 180 valence electrons. The lowest BCUT2D eigenvalue weighted by Crippen LogP contribution is -2.67. The van der Waals surface area contributed by atoms with Gasteiger partial charge in [0.05, 0.1) is 6.42 Å². The van der Waals surface area contributed by atoms with E-state index in [4.69, 9.17) is 0 Å². The van der Waals surface area contributed by atoms with Crippen molar-refractivity contribution in [2.75, 3.05) is 13.2 Å². The third kappa shape index (κ3) is 5.49. The SMILES string of the molecule is O=C(OCCC(F)(F)C(F)(F)Br)OCC(F)(F)C(F)(F)C(F)(F)C(F)(F)C(F)(F)F. The summed E-state index contributed by atoms with van der Waals surface area (Å²) in [5.41, 5.74) is 0. The van der Waals surface area contributed by atoms with Crippen molar-refractivity contribution in [2.45, 2.75) is 47.0 Å². The zero-order valence-electron chi connectivity index (χ0n) is 13.4. The van der Waals surface area contributed by atoms with Gasteiger partial charge in [0.1, 0.15) is 6.61 Å². The van der Waals surface area contributed by atoms with Gasteiger partial charge in [-0.2, -0.15) is 65.9 Å². The fourth-order valence-corrected chi connectivity index (χ4v) is 1.49. The molecule has 0 bridgehead atoms. The maximum atomic E-state index is 13.2. The summed E-state index contributed by atoms with van der Waals surface area (Å²) >= 11 is 1.24. The standard InChI is InChI=1S/C11H6BrF15O3/c12-10(23,24)5(13,14)1-2-29-4(28)30-3-6(15,16)7(17,18)8(19,20)9(21,22)11(25,26)27/h1-3H2. The average Bonchev–Trinajstić information content (AvgIpc) is 2.50. The second-order valence-electron chi connectivity index (χ2n) is 5.26. The minimum atomic E-state index is -7.74. The molecule has 0 saturated heterocycles. The summed E-state index contributed by atoms with van der Waals surface area (Å²) in [4.78, 5) is 5.94. The van der Waals surface area contributed by atoms with Crippen molar-refractivity contribution >= 4 is 22.1 Å². The first kappa shape index (κ1) is 28.7. The van der Waals surface area contributed by atoms with Crippen molar-refractivity contribution in [1.29, 1.82) is 0 Å². The Hall–Kier alpha value is -1.30. The molecule has 0 N–H and O–H groups in total. The lowest BCUT2D eigenvalue weighted by Gasteiger charge is -2.36. The first-order valence-electron chi connectivity index (χ1n) is 6.67. The first-order chi connectivity index (χ1) is 12.9. The minimum absolute atomic E-state index is 1.24. The Morgan fingerprint density at radius 2 is 1.07 bits per heavy atom. The number of carbonyl (C=O) groups excluding carboxylic acids is 1. The average molecular weight is 551 g/mol. The summed E-state index contributed by atoms with van der Waals surface area (Å²) in [5, 5.41) is 0. The molecule has 0 aliphatic heterocycles. The van der Waals surface area contributed by atoms with Crippen LogP contribution in [0.15, 0.2) is 0 Å². The van der Waals surface area contributed by atoms with Gasteiger partial charge in [-0.05, 0) is 15.9 Å². The van der Waals surface area contributed by atoms with E-state index in [2.05, 4.69) is 9.47 Å². The number of rotatable bonds is 9. The molecular weight excluding hydrogens is 545 g/mol. The van der Waals surface area contributed by atoms with E-state index in [-0.39, 0.29) is 0 Å². The van der Waals surface area contributed by atoms with E-state index in [1.165, 1.54) is 15.9 Å². The van der Waals surface area contributed by atoms with Gasteiger partial charge >= 0.3 is 46.8 Å². The first-order valence-corrected chi connectivity index (χ1v) is 7.46. The number of hydrogen-bond donors (Lipinski definition) is 0. The molecule has 0 radical (unpaired) electrons. The Bertz CT molecular complexity index is 610. The van der Waals surface area contributed by atoms with Crippen LogP contribution in [0.5, 0.6) is 0 Å². The second-order valence-corrected chi connectivity index (χ2v) is 6.26. The van der Waals surface area contributed by atoms with Gasteiger partial charge < -0.3 is 9.47 Å². The van der Waals surface area contributed by atoms with E-state index in [1.807, 2.05) is 0 Å². The summed E-state index contributed by atoms with van der Waals surface area (Å²) in [7, 11) is 0. The molecule has 19 heteroatoms. The van der Waals surface area contributed by atoms with E-state index >= 15 is 0 Å². The van der Waals surface area contributed by atoms with Gasteiger partial charge in [0.15, 0.2) is 6.61 Å². The minimum Gasteiger partial charge on any atom is -0.434 e. The van der Waals surface area contributed by atoms with E-state index in [0.717, 1.165) is 0 Å². The van der Waals surface area contributed by atoms with Gasteiger partial charge in [0.2, 0.25) is 0 Å². The molecule has 0 atom stereocenters. The summed E-state index contributed by atoms with van der Waals surface area (Å²) in [6, 6.07) is 0. The molecule has 0 heterocycles. The van der Waals surface area contributed by atoms with Gasteiger partial charge in [0, 0.05) is 0 Å². The van der Waals surface area contributed by atoms with E-state index in [0.29, 0.717) is 0 Å². The zero-order chi connectivity index (χ0) is 24.6. The number of hydrogen-bond acceptors (Lipinski definition) is 3. The Morgan fingerprint density at radius 3 is 1.43 bits per heavy atom. The second kappa shape index (κ2) is 8.33. The maximum absolute atomic E-state index is 13.2. The number of ether oxygens (including phenoxy) is 2. The van der Waals surface area contributed by atoms with Crippen molar-refractivity contribution in [3.8, 4) is 0 Å². The third-order valence-corrected chi connectivity index (χ3v) is 3.61. The van der Waals surface area contributed by atoms with Crippen LogP contribution in [0.4, 0.5) is 70.7 Å². The van der Waals surface area contributed by atoms with Gasteiger partial charge in [-0.3, -0.25) is 0 Å². The van der Waals surface area contributed by atoms with Gasteiger partial charge in [-0.25, -0.2) is 4.79 Å². The molecule has 0 amide bonds. The highest BCUT2D eigenvalue weighted by Crippen LogP contribution is 2.57. The summed E-state index contributed by atoms with van der Waals surface area (Å²) < 4.78 is 196. The smallest absolute Gasteiger partial charge is 0.434 e. The Balaban J connectivity index is 5.16. The van der Waals surface area contributed by atoms with Crippen LogP contribution in [0.25, 0.3) is 0 Å². The summed E-state index contributed by atoms with van der Waals surface area (Å²) in [6.45, 7) is -5.00. The third-order valence-electron chi connectivity index (χ3n) is 3.03. The van der Waals surface area contributed by atoms with Crippen LogP contribution in [0.3, 0.4) is 0 Å². The van der Waals surface area contributed by atoms with Crippen LogP contribution in [0, 0.1) is 0 Å². The molecule has 0 rings (SSSR count). The molecule has 0 aromatic carbocycles. The maximum Gasteiger partial charge on any atom is 0.508 e. The molecule has 0 aromatic heterocycles. The zero-order valence-corrected chi connectivity index (χ0v) is 15.0. The van der Waals surface area contributed by atoms with Crippen LogP contribution in [0.2, 0.25) is 0 Å². The van der Waals surface area contributed by atoms with Crippen LogP contribution >= 0.6 is 15.9 Å². The van der Waals surface area contributed by atoms with Crippen molar-refractivity contribution < 1.29 is 80.1 Å². The van der Waals surface area contributed by atoms with Crippen molar-refractivity contribution in [3.05, 3.63) is 0 Å². The Morgan fingerprint density at radius 1 is 0.633 bits per heavy atom. The van der Waals surface area contributed by atoms with Crippen LogP contribution in [-0.4, -0.2) is 60.0 Å². The van der Waals surface area contributed by atoms with E-state index in [1.54, 1.807) is 0 Å². The summed E-state index contributed by atoms with van der Waals surface area (Å²) in [5.74, 6) is -34.3.